The predicted molar refractivity (Wildman–Crippen MR) is 123 cm³/mol. The van der Waals surface area contributed by atoms with Gasteiger partial charge >= 0.3 is 0 Å². The maximum atomic E-state index is 13.3. The molecule has 0 saturated heterocycles. The third-order valence-corrected chi connectivity index (χ3v) is 5.31. The summed E-state index contributed by atoms with van der Waals surface area (Å²) in [5, 5.41) is 2.94. The molecule has 1 N–H and O–H groups in total. The third kappa shape index (κ3) is 5.94. The average molecular weight is 421 g/mol. The van der Waals surface area contributed by atoms with E-state index >= 15 is 0 Å². The summed E-state index contributed by atoms with van der Waals surface area (Å²) in [5.74, 6) is 0.920. The molecule has 0 aliphatic heterocycles. The van der Waals surface area contributed by atoms with Crippen LogP contribution in [0.2, 0.25) is 0 Å². The largest absolute Gasteiger partial charge is 0.356 e. The van der Waals surface area contributed by atoms with E-state index in [1.807, 2.05) is 84.8 Å². The van der Waals surface area contributed by atoms with Gasteiger partial charge in [0.2, 0.25) is 11.8 Å². The number of fused-ring (bicyclic) bond motifs is 1. The minimum Gasteiger partial charge on any atom is -0.356 e. The van der Waals surface area contributed by atoms with Crippen molar-refractivity contribution in [2.24, 2.45) is 0 Å². The zero-order valence-corrected chi connectivity index (χ0v) is 18.7. The third-order valence-electron chi connectivity index (χ3n) is 5.31. The molecule has 0 aliphatic rings. The van der Waals surface area contributed by atoms with Crippen LogP contribution in [0.1, 0.15) is 45.0 Å². The fourth-order valence-electron chi connectivity index (χ4n) is 3.69. The van der Waals surface area contributed by atoms with Crippen LogP contribution in [0, 0.1) is 0 Å². The van der Waals surface area contributed by atoms with E-state index in [0.717, 1.165) is 28.8 Å². The summed E-state index contributed by atoms with van der Waals surface area (Å²) in [4.78, 5) is 31.8. The molecule has 0 unspecified atom stereocenters. The molecule has 6 heteroatoms. The van der Waals surface area contributed by atoms with Gasteiger partial charge in [0.15, 0.2) is 0 Å². The molecule has 2 aromatic carbocycles. The minimum absolute atomic E-state index is 0.0510. The molecular weight excluding hydrogens is 388 g/mol. The molecule has 0 radical (unpaired) electrons. The number of aromatic nitrogens is 2. The predicted octanol–water partition coefficient (Wildman–Crippen LogP) is 3.93. The quantitative estimate of drug-likeness (QED) is 0.540. The summed E-state index contributed by atoms with van der Waals surface area (Å²) >= 11 is 0. The van der Waals surface area contributed by atoms with Crippen molar-refractivity contribution in [2.45, 2.75) is 59.2 Å². The van der Waals surface area contributed by atoms with E-state index in [4.69, 9.17) is 4.98 Å². The normalized spacial score (nSPS) is 11.1. The Kier molecular flexibility index (Phi) is 7.82. The van der Waals surface area contributed by atoms with Gasteiger partial charge in [-0.3, -0.25) is 9.59 Å². The van der Waals surface area contributed by atoms with Gasteiger partial charge in [0, 0.05) is 32.0 Å². The fourth-order valence-corrected chi connectivity index (χ4v) is 3.69. The lowest BCUT2D eigenvalue weighted by Crippen LogP contribution is -2.39. The smallest absolute Gasteiger partial charge is 0.243 e. The molecule has 0 fully saturated rings. The Morgan fingerprint density at radius 1 is 1.06 bits per heavy atom. The number of benzene rings is 2. The first kappa shape index (κ1) is 22.5. The van der Waals surface area contributed by atoms with Gasteiger partial charge < -0.3 is 14.8 Å². The molecule has 1 aromatic heterocycles. The minimum atomic E-state index is 0.0510. The van der Waals surface area contributed by atoms with Crippen molar-refractivity contribution in [2.75, 3.05) is 6.54 Å². The summed E-state index contributed by atoms with van der Waals surface area (Å²) in [7, 11) is 0. The van der Waals surface area contributed by atoms with E-state index in [0.29, 0.717) is 25.9 Å². The topological polar surface area (TPSA) is 67.2 Å². The summed E-state index contributed by atoms with van der Waals surface area (Å²) in [6.07, 6.45) is 1.93. The van der Waals surface area contributed by atoms with Crippen molar-refractivity contribution in [1.82, 2.24) is 19.8 Å². The van der Waals surface area contributed by atoms with E-state index in [-0.39, 0.29) is 24.4 Å². The van der Waals surface area contributed by atoms with Crippen molar-refractivity contribution in [3.05, 3.63) is 66.0 Å². The molecule has 0 bridgehead atoms. The number of nitrogens with one attached hydrogen (secondary N) is 1. The first-order valence-corrected chi connectivity index (χ1v) is 11.0. The van der Waals surface area contributed by atoms with Gasteiger partial charge in [-0.25, -0.2) is 4.98 Å². The van der Waals surface area contributed by atoms with Crippen LogP contribution in [0.5, 0.6) is 0 Å². The SMILES string of the molecule is CCCC(=O)NCCc1nc2ccccc2n1CC(=O)N(Cc1ccccc1)C(C)C. The molecule has 1 heterocycles. The number of para-hydroxylation sites is 2. The summed E-state index contributed by atoms with van der Waals surface area (Å²) < 4.78 is 1.99. The highest BCUT2D eigenvalue weighted by molar-refractivity contribution is 5.81. The van der Waals surface area contributed by atoms with E-state index in [1.165, 1.54) is 0 Å². The van der Waals surface area contributed by atoms with Crippen molar-refractivity contribution in [3.8, 4) is 0 Å². The van der Waals surface area contributed by atoms with Crippen LogP contribution in [0.4, 0.5) is 0 Å². The van der Waals surface area contributed by atoms with Crippen LogP contribution in [0.25, 0.3) is 11.0 Å². The Balaban J connectivity index is 1.79. The molecule has 6 nitrogen and oxygen atoms in total. The Morgan fingerprint density at radius 2 is 1.77 bits per heavy atom. The average Bonchev–Trinajstić information content (AvgIpc) is 3.10. The monoisotopic (exact) mass is 420 g/mol. The maximum Gasteiger partial charge on any atom is 0.243 e. The van der Waals surface area contributed by atoms with Crippen molar-refractivity contribution in [1.29, 1.82) is 0 Å². The maximum absolute atomic E-state index is 13.3. The molecule has 3 rings (SSSR count). The van der Waals surface area contributed by atoms with Crippen LogP contribution < -0.4 is 5.32 Å². The number of hydrogen-bond donors (Lipinski definition) is 1. The van der Waals surface area contributed by atoms with E-state index in [9.17, 15) is 9.59 Å². The van der Waals surface area contributed by atoms with Gasteiger partial charge in [-0.2, -0.15) is 0 Å². The number of carbonyl (C=O) groups excluding carboxylic acids is 2. The first-order valence-electron chi connectivity index (χ1n) is 11.0. The highest BCUT2D eigenvalue weighted by Crippen LogP contribution is 2.18. The number of amides is 2. The molecule has 31 heavy (non-hydrogen) atoms. The Labute approximate surface area is 184 Å². The van der Waals surface area contributed by atoms with E-state index in [1.54, 1.807) is 0 Å². The molecule has 0 spiro atoms. The van der Waals surface area contributed by atoms with Crippen LogP contribution in [0.3, 0.4) is 0 Å². The summed E-state index contributed by atoms with van der Waals surface area (Å²) in [6, 6.07) is 18.0. The van der Waals surface area contributed by atoms with Gasteiger partial charge in [0.05, 0.1) is 11.0 Å². The second kappa shape index (κ2) is 10.8. The molecular formula is C25H32N4O2. The highest BCUT2D eigenvalue weighted by atomic mass is 16.2. The highest BCUT2D eigenvalue weighted by Gasteiger charge is 2.20. The van der Waals surface area contributed by atoms with Crippen LogP contribution in [0.15, 0.2) is 54.6 Å². The molecule has 2 amide bonds. The zero-order chi connectivity index (χ0) is 22.2. The fraction of sp³-hybridized carbons (Fsp3) is 0.400. The van der Waals surface area contributed by atoms with Crippen LogP contribution >= 0.6 is 0 Å². The number of carbonyl (C=O) groups is 2. The van der Waals surface area contributed by atoms with Gasteiger partial charge in [0.1, 0.15) is 12.4 Å². The zero-order valence-electron chi connectivity index (χ0n) is 18.7. The standard InChI is InChI=1S/C25H32N4O2/c1-4-10-24(30)26-16-15-23-27-21-13-8-9-14-22(21)29(23)18-25(31)28(19(2)3)17-20-11-6-5-7-12-20/h5-9,11-14,19H,4,10,15-18H2,1-3H3,(H,26,30). The number of rotatable bonds is 10. The second-order valence-corrected chi connectivity index (χ2v) is 8.05. The summed E-state index contributed by atoms with van der Waals surface area (Å²) in [6.45, 7) is 7.37. The number of nitrogens with zero attached hydrogens (tertiary/aromatic N) is 3. The molecule has 0 saturated carbocycles. The van der Waals surface area contributed by atoms with Gasteiger partial charge in [0.25, 0.3) is 0 Å². The Bertz CT molecular complexity index is 1010. The van der Waals surface area contributed by atoms with Gasteiger partial charge in [-0.1, -0.05) is 49.4 Å². The Morgan fingerprint density at radius 3 is 2.48 bits per heavy atom. The van der Waals surface area contributed by atoms with Crippen LogP contribution in [-0.4, -0.2) is 38.9 Å². The first-order chi connectivity index (χ1) is 15.0. The van der Waals surface area contributed by atoms with Gasteiger partial charge in [-0.15, -0.1) is 0 Å². The van der Waals surface area contributed by atoms with Crippen molar-refractivity contribution < 1.29 is 9.59 Å². The summed E-state index contributed by atoms with van der Waals surface area (Å²) in [5.41, 5.74) is 2.91. The Hall–Kier alpha value is -3.15. The second-order valence-electron chi connectivity index (χ2n) is 8.05. The van der Waals surface area contributed by atoms with E-state index < -0.39 is 0 Å². The molecule has 3 aromatic rings. The lowest BCUT2D eigenvalue weighted by Gasteiger charge is -2.27. The molecule has 0 atom stereocenters. The number of imidazole rings is 1. The van der Waals surface area contributed by atoms with Gasteiger partial charge in [-0.05, 0) is 38.0 Å². The van der Waals surface area contributed by atoms with Crippen molar-refractivity contribution in [3.63, 3.8) is 0 Å². The molecule has 164 valence electrons. The van der Waals surface area contributed by atoms with Crippen molar-refractivity contribution >= 4 is 22.8 Å². The number of hydrogen-bond acceptors (Lipinski definition) is 3. The molecule has 0 aliphatic carbocycles. The van der Waals surface area contributed by atoms with E-state index in [2.05, 4.69) is 5.32 Å². The lowest BCUT2D eigenvalue weighted by molar-refractivity contribution is -0.134. The lowest BCUT2D eigenvalue weighted by atomic mass is 10.2. The van der Waals surface area contributed by atoms with Crippen LogP contribution in [-0.2, 0) is 29.1 Å².